The second-order valence-electron chi connectivity index (χ2n) is 5.90. The van der Waals surface area contributed by atoms with Crippen molar-refractivity contribution >= 4 is 22.9 Å². The van der Waals surface area contributed by atoms with Crippen molar-refractivity contribution in [1.29, 1.82) is 0 Å². The van der Waals surface area contributed by atoms with Crippen LogP contribution in [0.1, 0.15) is 12.5 Å². The average Bonchev–Trinajstić information content (AvgIpc) is 2.73. The molecule has 0 saturated carbocycles. The summed E-state index contributed by atoms with van der Waals surface area (Å²) in [5.41, 5.74) is 3.17. The Bertz CT molecular complexity index is 980. The third kappa shape index (κ3) is 4.79. The third-order valence-corrected chi connectivity index (χ3v) is 4.02. The number of nitrogens with one attached hydrogen (secondary N) is 1. The van der Waals surface area contributed by atoms with E-state index in [2.05, 4.69) is 10.5 Å². The van der Waals surface area contributed by atoms with E-state index >= 15 is 0 Å². The summed E-state index contributed by atoms with van der Waals surface area (Å²) in [7, 11) is 1.59. The summed E-state index contributed by atoms with van der Waals surface area (Å²) in [6, 6.07) is 19.0. The smallest absolute Gasteiger partial charge is 0.277 e. The lowest BCUT2D eigenvalue weighted by molar-refractivity contribution is -0.123. The van der Waals surface area contributed by atoms with E-state index in [-0.39, 0.29) is 12.5 Å². The number of fused-ring (bicyclic) bond motifs is 1. The first-order chi connectivity index (χ1) is 13.7. The Morgan fingerprint density at radius 3 is 2.68 bits per heavy atom. The maximum absolute atomic E-state index is 12.1. The summed E-state index contributed by atoms with van der Waals surface area (Å²) in [5, 5.41) is 6.01. The second kappa shape index (κ2) is 9.41. The standard InChI is InChI=1S/C22H22N2O4/c1-3-27-20-12-11-18(26-2)13-17(20)14-23-24-22(25)15-28-21-10-6-8-16-7-4-5-9-19(16)21/h4-14H,3,15H2,1-2H3,(H,24,25)/b23-14-. The summed E-state index contributed by atoms with van der Waals surface area (Å²) in [6.45, 7) is 2.29. The van der Waals surface area contributed by atoms with Crippen LogP contribution in [0.3, 0.4) is 0 Å². The van der Waals surface area contributed by atoms with Gasteiger partial charge in [0.1, 0.15) is 17.2 Å². The Morgan fingerprint density at radius 1 is 1.04 bits per heavy atom. The minimum absolute atomic E-state index is 0.137. The molecule has 1 N–H and O–H groups in total. The van der Waals surface area contributed by atoms with Crippen molar-refractivity contribution in [2.24, 2.45) is 5.10 Å². The lowest BCUT2D eigenvalue weighted by Crippen LogP contribution is -2.24. The molecule has 6 nitrogen and oxygen atoms in total. The molecule has 144 valence electrons. The average molecular weight is 378 g/mol. The zero-order chi connectivity index (χ0) is 19.8. The summed E-state index contributed by atoms with van der Waals surface area (Å²) < 4.78 is 16.4. The van der Waals surface area contributed by atoms with Crippen LogP contribution in [0.2, 0.25) is 0 Å². The normalized spacial score (nSPS) is 10.8. The minimum atomic E-state index is -0.356. The van der Waals surface area contributed by atoms with E-state index in [4.69, 9.17) is 14.2 Å². The molecule has 0 bridgehead atoms. The van der Waals surface area contributed by atoms with E-state index in [0.717, 1.165) is 10.8 Å². The molecule has 0 atom stereocenters. The number of benzene rings is 3. The third-order valence-electron chi connectivity index (χ3n) is 4.02. The van der Waals surface area contributed by atoms with Gasteiger partial charge in [-0.1, -0.05) is 36.4 Å². The highest BCUT2D eigenvalue weighted by molar-refractivity contribution is 5.89. The number of amides is 1. The predicted octanol–water partition coefficient (Wildman–Crippen LogP) is 3.78. The minimum Gasteiger partial charge on any atom is -0.497 e. The molecule has 3 aromatic carbocycles. The lowest BCUT2D eigenvalue weighted by atomic mass is 10.1. The number of hydrogen-bond donors (Lipinski definition) is 1. The van der Waals surface area contributed by atoms with Gasteiger partial charge in [0.05, 0.1) is 19.9 Å². The number of carbonyl (C=O) groups excluding carboxylic acids is 1. The molecule has 0 fully saturated rings. The number of hydrazone groups is 1. The fourth-order valence-electron chi connectivity index (χ4n) is 2.71. The predicted molar refractivity (Wildman–Crippen MR) is 109 cm³/mol. The molecule has 0 radical (unpaired) electrons. The van der Waals surface area contributed by atoms with E-state index in [9.17, 15) is 4.79 Å². The molecular formula is C22H22N2O4. The SMILES string of the molecule is CCOc1ccc(OC)cc1/C=N\NC(=O)COc1cccc2ccccc12. The molecule has 0 aliphatic heterocycles. The van der Waals surface area contributed by atoms with Crippen LogP contribution in [0.4, 0.5) is 0 Å². The zero-order valence-electron chi connectivity index (χ0n) is 15.8. The summed E-state index contributed by atoms with van der Waals surface area (Å²) in [6.07, 6.45) is 1.52. The number of hydrogen-bond acceptors (Lipinski definition) is 5. The molecule has 3 aromatic rings. The molecule has 1 amide bonds. The molecule has 0 unspecified atom stereocenters. The summed E-state index contributed by atoms with van der Waals surface area (Å²) in [5.74, 6) is 1.64. The maximum atomic E-state index is 12.1. The Kier molecular flexibility index (Phi) is 6.46. The van der Waals surface area contributed by atoms with Gasteiger partial charge >= 0.3 is 0 Å². The first-order valence-corrected chi connectivity index (χ1v) is 8.94. The Hall–Kier alpha value is -3.54. The van der Waals surface area contributed by atoms with Crippen molar-refractivity contribution in [3.63, 3.8) is 0 Å². The molecule has 0 spiro atoms. The highest BCUT2D eigenvalue weighted by Gasteiger charge is 2.06. The number of nitrogens with zero attached hydrogens (tertiary/aromatic N) is 1. The fraction of sp³-hybridized carbons (Fsp3) is 0.182. The summed E-state index contributed by atoms with van der Waals surface area (Å²) in [4.78, 5) is 12.1. The first-order valence-electron chi connectivity index (χ1n) is 8.94. The van der Waals surface area contributed by atoms with Crippen LogP contribution in [0, 0.1) is 0 Å². The van der Waals surface area contributed by atoms with Crippen LogP contribution in [0.15, 0.2) is 65.8 Å². The van der Waals surface area contributed by atoms with Gasteiger partial charge in [0.2, 0.25) is 0 Å². The molecule has 0 aliphatic carbocycles. The molecule has 0 aliphatic rings. The van der Waals surface area contributed by atoms with Gasteiger partial charge in [0, 0.05) is 10.9 Å². The molecule has 0 aromatic heterocycles. The van der Waals surface area contributed by atoms with Crippen LogP contribution < -0.4 is 19.6 Å². The van der Waals surface area contributed by atoms with E-state index in [1.807, 2.05) is 49.4 Å². The van der Waals surface area contributed by atoms with Crippen LogP contribution in [-0.2, 0) is 4.79 Å². The van der Waals surface area contributed by atoms with Gasteiger partial charge in [0.15, 0.2) is 6.61 Å². The van der Waals surface area contributed by atoms with Gasteiger partial charge in [-0.15, -0.1) is 0 Å². The maximum Gasteiger partial charge on any atom is 0.277 e. The Morgan fingerprint density at radius 2 is 1.86 bits per heavy atom. The van der Waals surface area contributed by atoms with E-state index in [0.29, 0.717) is 29.4 Å². The van der Waals surface area contributed by atoms with Crippen LogP contribution in [0.25, 0.3) is 10.8 Å². The quantitative estimate of drug-likeness (QED) is 0.478. The first kappa shape index (κ1) is 19.2. The lowest BCUT2D eigenvalue weighted by Gasteiger charge is -2.09. The van der Waals surface area contributed by atoms with E-state index in [1.54, 1.807) is 25.3 Å². The van der Waals surface area contributed by atoms with Crippen molar-refractivity contribution < 1.29 is 19.0 Å². The summed E-state index contributed by atoms with van der Waals surface area (Å²) >= 11 is 0. The fourth-order valence-corrected chi connectivity index (χ4v) is 2.71. The number of ether oxygens (including phenoxy) is 3. The molecule has 0 heterocycles. The van der Waals surface area contributed by atoms with Gasteiger partial charge < -0.3 is 14.2 Å². The van der Waals surface area contributed by atoms with Crippen LogP contribution >= 0.6 is 0 Å². The number of carbonyl (C=O) groups is 1. The molecule has 0 saturated heterocycles. The van der Waals surface area contributed by atoms with E-state index < -0.39 is 0 Å². The zero-order valence-corrected chi connectivity index (χ0v) is 15.8. The molecule has 6 heteroatoms. The topological polar surface area (TPSA) is 69.2 Å². The molecule has 3 rings (SSSR count). The van der Waals surface area contributed by atoms with Crippen LogP contribution in [0.5, 0.6) is 17.2 Å². The second-order valence-corrected chi connectivity index (χ2v) is 5.90. The monoisotopic (exact) mass is 378 g/mol. The van der Waals surface area contributed by atoms with Gasteiger partial charge in [-0.2, -0.15) is 5.10 Å². The highest BCUT2D eigenvalue weighted by atomic mass is 16.5. The van der Waals surface area contributed by atoms with Crippen molar-refractivity contribution in [2.45, 2.75) is 6.92 Å². The van der Waals surface area contributed by atoms with Gasteiger partial charge in [-0.3, -0.25) is 4.79 Å². The number of methoxy groups -OCH3 is 1. The van der Waals surface area contributed by atoms with Gasteiger partial charge in [-0.25, -0.2) is 5.43 Å². The van der Waals surface area contributed by atoms with E-state index in [1.165, 1.54) is 6.21 Å². The Balaban J connectivity index is 1.61. The van der Waals surface area contributed by atoms with Crippen molar-refractivity contribution in [3.05, 3.63) is 66.2 Å². The van der Waals surface area contributed by atoms with Crippen molar-refractivity contribution in [3.8, 4) is 17.2 Å². The Labute approximate surface area is 163 Å². The van der Waals surface area contributed by atoms with Crippen molar-refractivity contribution in [2.75, 3.05) is 20.3 Å². The van der Waals surface area contributed by atoms with Gasteiger partial charge in [-0.05, 0) is 36.6 Å². The van der Waals surface area contributed by atoms with Crippen molar-refractivity contribution in [1.82, 2.24) is 5.43 Å². The molecular weight excluding hydrogens is 356 g/mol. The van der Waals surface area contributed by atoms with Gasteiger partial charge in [0.25, 0.3) is 5.91 Å². The largest absolute Gasteiger partial charge is 0.497 e. The highest BCUT2D eigenvalue weighted by Crippen LogP contribution is 2.25. The number of rotatable bonds is 8. The van der Waals surface area contributed by atoms with Crippen LogP contribution in [-0.4, -0.2) is 32.4 Å². The molecule has 28 heavy (non-hydrogen) atoms.